The van der Waals surface area contributed by atoms with Crippen molar-refractivity contribution in [2.24, 2.45) is 0 Å². The molecule has 0 aliphatic rings. The van der Waals surface area contributed by atoms with Crippen molar-refractivity contribution in [1.82, 2.24) is 0 Å². The number of hydrogen-bond acceptors (Lipinski definition) is 2. The van der Waals surface area contributed by atoms with Crippen molar-refractivity contribution in [1.29, 1.82) is 0 Å². The van der Waals surface area contributed by atoms with Gasteiger partial charge in [-0.05, 0) is 63.4 Å². The second kappa shape index (κ2) is 9.33. The lowest BCUT2D eigenvalue weighted by Crippen LogP contribution is -2.94. The van der Waals surface area contributed by atoms with Crippen LogP contribution in [0.4, 0.5) is 0 Å². The molecular weight excluding hydrogens is 298 g/mol. The van der Waals surface area contributed by atoms with Crippen molar-refractivity contribution in [2.75, 3.05) is 13.2 Å². The van der Waals surface area contributed by atoms with E-state index in [0.29, 0.717) is 12.1 Å². The molecule has 3 heteroatoms. The van der Waals surface area contributed by atoms with E-state index in [1.807, 2.05) is 42.5 Å². The van der Waals surface area contributed by atoms with Crippen LogP contribution in [-0.4, -0.2) is 18.7 Å². The molecule has 0 aromatic heterocycles. The predicted octanol–water partition coefficient (Wildman–Crippen LogP) is 3.79. The van der Waals surface area contributed by atoms with Gasteiger partial charge in [-0.1, -0.05) is 30.3 Å². The van der Waals surface area contributed by atoms with E-state index in [0.717, 1.165) is 31.1 Å². The van der Waals surface area contributed by atoms with Crippen LogP contribution in [0.25, 0.3) is 0 Å². The van der Waals surface area contributed by atoms with E-state index in [-0.39, 0.29) is 0 Å². The number of ether oxygens (including phenoxy) is 2. The Kier molecular flexibility index (Phi) is 7.13. The van der Waals surface area contributed by atoms with Gasteiger partial charge in [0.05, 0.1) is 18.7 Å². The van der Waals surface area contributed by atoms with Crippen molar-refractivity contribution >= 4 is 0 Å². The van der Waals surface area contributed by atoms with Crippen LogP contribution in [0.1, 0.15) is 39.2 Å². The van der Waals surface area contributed by atoms with Crippen molar-refractivity contribution in [3.63, 3.8) is 0 Å². The van der Waals surface area contributed by atoms with Gasteiger partial charge in [0, 0.05) is 0 Å². The fourth-order valence-electron chi connectivity index (χ4n) is 2.34. The smallest absolute Gasteiger partial charge is 0.120 e. The highest BCUT2D eigenvalue weighted by Gasteiger charge is 2.11. The lowest BCUT2D eigenvalue weighted by molar-refractivity contribution is -0.717. The largest absolute Gasteiger partial charge is 0.494 e. The summed E-state index contributed by atoms with van der Waals surface area (Å²) in [5.74, 6) is 1.77. The molecule has 2 aromatic carbocycles. The van der Waals surface area contributed by atoms with Crippen molar-refractivity contribution in [3.05, 3.63) is 60.2 Å². The highest BCUT2D eigenvalue weighted by molar-refractivity contribution is 5.31. The highest BCUT2D eigenvalue weighted by Crippen LogP contribution is 2.18. The monoisotopic (exact) mass is 328 g/mol. The third-order valence-electron chi connectivity index (χ3n) is 3.70. The molecule has 2 aromatic rings. The topological polar surface area (TPSA) is 35.1 Å². The van der Waals surface area contributed by atoms with Crippen LogP contribution in [0.2, 0.25) is 0 Å². The Morgan fingerprint density at radius 1 is 0.792 bits per heavy atom. The molecule has 0 saturated carbocycles. The average Bonchev–Trinajstić information content (AvgIpc) is 2.57. The second-order valence-electron chi connectivity index (χ2n) is 7.16. The lowest BCUT2D eigenvalue weighted by Gasteiger charge is -2.16. The number of benzene rings is 2. The third kappa shape index (κ3) is 7.51. The van der Waals surface area contributed by atoms with Crippen LogP contribution in [0.15, 0.2) is 54.6 Å². The van der Waals surface area contributed by atoms with Gasteiger partial charge in [0.25, 0.3) is 0 Å². The van der Waals surface area contributed by atoms with Gasteiger partial charge in [0.2, 0.25) is 0 Å². The Labute approximate surface area is 146 Å². The van der Waals surface area contributed by atoms with E-state index in [1.165, 1.54) is 12.0 Å². The minimum Gasteiger partial charge on any atom is -0.494 e. The fourth-order valence-corrected chi connectivity index (χ4v) is 2.34. The van der Waals surface area contributed by atoms with E-state index in [9.17, 15) is 0 Å². The normalized spacial score (nSPS) is 11.3. The minimum atomic E-state index is 0.316. The summed E-state index contributed by atoms with van der Waals surface area (Å²) >= 11 is 0. The molecule has 24 heavy (non-hydrogen) atoms. The molecule has 0 radical (unpaired) electrons. The van der Waals surface area contributed by atoms with E-state index >= 15 is 0 Å². The summed E-state index contributed by atoms with van der Waals surface area (Å²) < 4.78 is 11.6. The number of hydrogen-bond donors (Lipinski definition) is 1. The van der Waals surface area contributed by atoms with Crippen LogP contribution in [0.3, 0.4) is 0 Å². The molecule has 0 atom stereocenters. The average molecular weight is 328 g/mol. The standard InChI is InChI=1S/C21H29NO2/c1-21(2,3)22-15-7-8-16-23-19-11-13-20(14-12-19)24-17-18-9-5-4-6-10-18/h4-6,9-14,22H,7-8,15-17H2,1-3H3/p+1. The van der Waals surface area contributed by atoms with Gasteiger partial charge in [0.1, 0.15) is 18.1 Å². The van der Waals surface area contributed by atoms with Gasteiger partial charge in [-0.3, -0.25) is 0 Å². The van der Waals surface area contributed by atoms with Crippen LogP contribution >= 0.6 is 0 Å². The SMILES string of the molecule is CC(C)(C)[NH2+]CCCCOc1ccc(OCc2ccccc2)cc1. The molecule has 2 N–H and O–H groups in total. The quantitative estimate of drug-likeness (QED) is 0.711. The van der Waals surface area contributed by atoms with Crippen molar-refractivity contribution in [3.8, 4) is 11.5 Å². The van der Waals surface area contributed by atoms with Gasteiger partial charge in [-0.25, -0.2) is 0 Å². The molecule has 0 amide bonds. The van der Waals surface area contributed by atoms with Crippen molar-refractivity contribution < 1.29 is 14.8 Å². The summed E-state index contributed by atoms with van der Waals surface area (Å²) in [7, 11) is 0. The Bertz CT molecular complexity index is 573. The molecule has 2 rings (SSSR count). The maximum atomic E-state index is 5.79. The van der Waals surface area contributed by atoms with E-state index in [1.54, 1.807) is 0 Å². The van der Waals surface area contributed by atoms with Gasteiger partial charge in [-0.15, -0.1) is 0 Å². The molecule has 0 saturated heterocycles. The van der Waals surface area contributed by atoms with Gasteiger partial charge in [0.15, 0.2) is 0 Å². The zero-order chi connectivity index (χ0) is 17.3. The maximum absolute atomic E-state index is 5.79. The maximum Gasteiger partial charge on any atom is 0.120 e. The minimum absolute atomic E-state index is 0.316. The number of nitrogens with two attached hydrogens (primary N) is 1. The summed E-state index contributed by atoms with van der Waals surface area (Å²) in [6.07, 6.45) is 2.26. The number of quaternary nitrogens is 1. The molecule has 0 spiro atoms. The lowest BCUT2D eigenvalue weighted by atomic mass is 10.1. The first-order valence-electron chi connectivity index (χ1n) is 8.77. The third-order valence-corrected chi connectivity index (χ3v) is 3.70. The van der Waals surface area contributed by atoms with E-state index in [4.69, 9.17) is 9.47 Å². The summed E-state index contributed by atoms with van der Waals surface area (Å²) in [5, 5.41) is 2.38. The Hall–Kier alpha value is -2.00. The molecule has 130 valence electrons. The molecular formula is C21H30NO2+. The molecule has 0 unspecified atom stereocenters. The first kappa shape index (κ1) is 18.3. The zero-order valence-corrected chi connectivity index (χ0v) is 15.1. The summed E-state index contributed by atoms with van der Waals surface area (Å²) in [6.45, 7) is 9.23. The Balaban J connectivity index is 1.63. The molecule has 0 bridgehead atoms. The molecule has 3 nitrogen and oxygen atoms in total. The summed E-state index contributed by atoms with van der Waals surface area (Å²) in [6, 6.07) is 18.1. The van der Waals surface area contributed by atoms with Crippen LogP contribution in [0, 0.1) is 0 Å². The van der Waals surface area contributed by atoms with Gasteiger partial charge >= 0.3 is 0 Å². The predicted molar refractivity (Wildman–Crippen MR) is 98.5 cm³/mol. The van der Waals surface area contributed by atoms with Crippen molar-refractivity contribution in [2.45, 2.75) is 45.8 Å². The Morgan fingerprint density at radius 3 is 2.04 bits per heavy atom. The second-order valence-corrected chi connectivity index (χ2v) is 7.16. The Morgan fingerprint density at radius 2 is 1.42 bits per heavy atom. The summed E-state index contributed by atoms with van der Waals surface area (Å²) in [4.78, 5) is 0. The molecule has 0 aliphatic carbocycles. The van der Waals surface area contributed by atoms with E-state index < -0.39 is 0 Å². The number of rotatable bonds is 9. The first-order valence-corrected chi connectivity index (χ1v) is 8.77. The highest BCUT2D eigenvalue weighted by atomic mass is 16.5. The van der Waals surface area contributed by atoms with Crippen LogP contribution in [-0.2, 0) is 6.61 Å². The van der Waals surface area contributed by atoms with Crippen LogP contribution < -0.4 is 14.8 Å². The molecule has 0 aliphatic heterocycles. The zero-order valence-electron chi connectivity index (χ0n) is 15.1. The van der Waals surface area contributed by atoms with Gasteiger partial charge in [-0.2, -0.15) is 0 Å². The van der Waals surface area contributed by atoms with Gasteiger partial charge < -0.3 is 14.8 Å². The van der Waals surface area contributed by atoms with Crippen LogP contribution in [0.5, 0.6) is 11.5 Å². The number of unbranched alkanes of at least 4 members (excludes halogenated alkanes) is 1. The first-order chi connectivity index (χ1) is 11.5. The molecule has 0 heterocycles. The fraction of sp³-hybridized carbons (Fsp3) is 0.429. The summed E-state index contributed by atoms with van der Waals surface area (Å²) in [5.41, 5.74) is 1.49. The molecule has 0 fully saturated rings. The van der Waals surface area contributed by atoms with E-state index in [2.05, 4.69) is 38.2 Å².